The first-order valence-corrected chi connectivity index (χ1v) is 7.12. The van der Waals surface area contributed by atoms with Crippen molar-refractivity contribution in [3.63, 3.8) is 0 Å². The molecule has 3 rings (SSSR count). The fourth-order valence-corrected chi connectivity index (χ4v) is 2.47. The molecular formula is C17H14N3O3-. The average molecular weight is 308 g/mol. The van der Waals surface area contributed by atoms with Crippen LogP contribution in [-0.4, -0.2) is 21.8 Å². The first-order valence-electron chi connectivity index (χ1n) is 7.12. The molecule has 0 saturated heterocycles. The highest BCUT2D eigenvalue weighted by Gasteiger charge is 2.15. The molecular weight excluding hydrogens is 294 g/mol. The summed E-state index contributed by atoms with van der Waals surface area (Å²) in [4.78, 5) is 30.3. The number of nitrogens with zero attached hydrogens (tertiary/aromatic N) is 1. The molecule has 3 aromatic rings. The number of pyridine rings is 1. The van der Waals surface area contributed by atoms with Gasteiger partial charge in [-0.2, -0.15) is 0 Å². The van der Waals surface area contributed by atoms with Crippen molar-refractivity contribution in [2.45, 2.75) is 13.0 Å². The molecule has 2 heterocycles. The number of carboxylic acid groups (broad SMARTS) is 1. The van der Waals surface area contributed by atoms with E-state index in [4.69, 9.17) is 0 Å². The lowest BCUT2D eigenvalue weighted by Gasteiger charge is -2.07. The standard InChI is InChI=1S/C17H15N3O3/c21-15(19-10-11-5-3-4-8-18-11)9-13-12-6-1-2-7-14(12)20-16(13)17(22)23/h1-8,20H,9-10H2,(H,19,21)(H,22,23)/p-1. The minimum absolute atomic E-state index is 0.0415. The lowest BCUT2D eigenvalue weighted by Crippen LogP contribution is -2.28. The Kier molecular flexibility index (Phi) is 4.05. The Hall–Kier alpha value is -3.15. The summed E-state index contributed by atoms with van der Waals surface area (Å²) in [6.45, 7) is 0.294. The Labute approximate surface area is 132 Å². The van der Waals surface area contributed by atoms with Gasteiger partial charge in [0.05, 0.1) is 30.3 Å². The SMILES string of the molecule is O=C(Cc1c(C(=O)[O-])[nH]c2ccccc12)NCc1ccccn1. The van der Waals surface area contributed by atoms with E-state index in [1.165, 1.54) is 0 Å². The Morgan fingerprint density at radius 2 is 1.91 bits per heavy atom. The first kappa shape index (κ1) is 14.8. The van der Waals surface area contributed by atoms with Crippen molar-refractivity contribution in [3.05, 3.63) is 65.6 Å². The predicted octanol–water partition coefficient (Wildman–Crippen LogP) is 0.785. The van der Waals surface area contributed by atoms with E-state index < -0.39 is 5.97 Å². The second-order valence-corrected chi connectivity index (χ2v) is 5.09. The van der Waals surface area contributed by atoms with Crippen LogP contribution in [0.2, 0.25) is 0 Å². The molecule has 6 heteroatoms. The van der Waals surface area contributed by atoms with Gasteiger partial charge in [-0.1, -0.05) is 24.3 Å². The van der Waals surface area contributed by atoms with Gasteiger partial charge in [-0.15, -0.1) is 0 Å². The van der Waals surface area contributed by atoms with Crippen LogP contribution >= 0.6 is 0 Å². The number of carbonyl (C=O) groups excluding carboxylic acids is 2. The van der Waals surface area contributed by atoms with Gasteiger partial charge >= 0.3 is 0 Å². The predicted molar refractivity (Wildman–Crippen MR) is 82.4 cm³/mol. The van der Waals surface area contributed by atoms with Crippen molar-refractivity contribution in [2.24, 2.45) is 0 Å². The Morgan fingerprint density at radius 1 is 1.13 bits per heavy atom. The summed E-state index contributed by atoms with van der Waals surface area (Å²) in [5, 5.41) is 14.7. The second-order valence-electron chi connectivity index (χ2n) is 5.09. The topological polar surface area (TPSA) is 97.9 Å². The highest BCUT2D eigenvalue weighted by molar-refractivity contribution is 5.99. The zero-order valence-electron chi connectivity index (χ0n) is 12.2. The molecule has 0 aliphatic rings. The van der Waals surface area contributed by atoms with Crippen LogP contribution in [0, 0.1) is 0 Å². The van der Waals surface area contributed by atoms with E-state index in [0.29, 0.717) is 23.0 Å². The average Bonchev–Trinajstić information content (AvgIpc) is 2.93. The number of aromatic carboxylic acids is 1. The maximum atomic E-state index is 12.1. The monoisotopic (exact) mass is 308 g/mol. The van der Waals surface area contributed by atoms with Crippen LogP contribution in [0.15, 0.2) is 48.7 Å². The zero-order valence-corrected chi connectivity index (χ0v) is 12.2. The fourth-order valence-electron chi connectivity index (χ4n) is 2.47. The normalized spacial score (nSPS) is 10.6. The molecule has 0 spiro atoms. The van der Waals surface area contributed by atoms with Crippen LogP contribution in [0.4, 0.5) is 0 Å². The third-order valence-electron chi connectivity index (χ3n) is 3.55. The molecule has 0 saturated carbocycles. The summed E-state index contributed by atoms with van der Waals surface area (Å²) in [6, 6.07) is 12.6. The third-order valence-corrected chi connectivity index (χ3v) is 3.55. The maximum absolute atomic E-state index is 12.1. The molecule has 0 atom stereocenters. The molecule has 2 N–H and O–H groups in total. The number of benzene rings is 1. The van der Waals surface area contributed by atoms with Crippen LogP contribution in [0.1, 0.15) is 21.7 Å². The van der Waals surface area contributed by atoms with E-state index in [-0.39, 0.29) is 18.0 Å². The smallest absolute Gasteiger partial charge is 0.224 e. The number of H-pyrrole nitrogens is 1. The van der Waals surface area contributed by atoms with Crippen molar-refractivity contribution >= 4 is 22.8 Å². The van der Waals surface area contributed by atoms with Crippen LogP contribution in [0.3, 0.4) is 0 Å². The van der Waals surface area contributed by atoms with Gasteiger partial charge in [0.2, 0.25) is 5.91 Å². The molecule has 116 valence electrons. The van der Waals surface area contributed by atoms with Crippen molar-refractivity contribution in [1.82, 2.24) is 15.3 Å². The van der Waals surface area contributed by atoms with Crippen LogP contribution in [0.5, 0.6) is 0 Å². The van der Waals surface area contributed by atoms with Crippen LogP contribution in [0.25, 0.3) is 10.9 Å². The summed E-state index contributed by atoms with van der Waals surface area (Å²) in [5.41, 5.74) is 1.78. The summed E-state index contributed by atoms with van der Waals surface area (Å²) < 4.78 is 0. The largest absolute Gasteiger partial charge is 0.543 e. The molecule has 0 fully saturated rings. The molecule has 0 radical (unpaired) electrons. The number of fused-ring (bicyclic) bond motifs is 1. The highest BCUT2D eigenvalue weighted by atomic mass is 16.4. The first-order chi connectivity index (χ1) is 11.1. The number of amides is 1. The van der Waals surface area contributed by atoms with Crippen molar-refractivity contribution in [1.29, 1.82) is 0 Å². The molecule has 0 bridgehead atoms. The van der Waals surface area contributed by atoms with E-state index in [2.05, 4.69) is 15.3 Å². The van der Waals surface area contributed by atoms with Crippen molar-refractivity contribution < 1.29 is 14.7 Å². The number of carbonyl (C=O) groups is 2. The van der Waals surface area contributed by atoms with E-state index in [1.54, 1.807) is 42.6 Å². The third kappa shape index (κ3) is 3.21. The number of para-hydroxylation sites is 1. The Balaban J connectivity index is 1.79. The molecule has 0 unspecified atom stereocenters. The van der Waals surface area contributed by atoms with Crippen LogP contribution in [-0.2, 0) is 17.8 Å². The molecule has 6 nitrogen and oxygen atoms in total. The minimum atomic E-state index is -1.33. The maximum Gasteiger partial charge on any atom is 0.224 e. The number of hydrogen-bond acceptors (Lipinski definition) is 4. The van der Waals surface area contributed by atoms with E-state index >= 15 is 0 Å². The number of aromatic amines is 1. The summed E-state index contributed by atoms with van der Waals surface area (Å²) >= 11 is 0. The lowest BCUT2D eigenvalue weighted by molar-refractivity contribution is -0.255. The molecule has 1 aromatic carbocycles. The number of carboxylic acids is 1. The van der Waals surface area contributed by atoms with Crippen molar-refractivity contribution in [3.8, 4) is 0 Å². The van der Waals surface area contributed by atoms with E-state index in [9.17, 15) is 14.7 Å². The zero-order chi connectivity index (χ0) is 16.2. The van der Waals surface area contributed by atoms with Gasteiger partial charge in [0.1, 0.15) is 0 Å². The number of hydrogen-bond donors (Lipinski definition) is 2. The number of nitrogens with one attached hydrogen (secondary N) is 2. The molecule has 0 aliphatic carbocycles. The van der Waals surface area contributed by atoms with Gasteiger partial charge in [-0.3, -0.25) is 9.78 Å². The van der Waals surface area contributed by atoms with Crippen LogP contribution < -0.4 is 10.4 Å². The quantitative estimate of drug-likeness (QED) is 0.728. The van der Waals surface area contributed by atoms with Gasteiger partial charge in [-0.05, 0) is 23.8 Å². The van der Waals surface area contributed by atoms with E-state index in [0.717, 1.165) is 5.69 Å². The Bertz CT molecular complexity index is 856. The summed E-state index contributed by atoms with van der Waals surface area (Å²) in [6.07, 6.45) is 1.61. The summed E-state index contributed by atoms with van der Waals surface area (Å²) in [7, 11) is 0. The molecule has 23 heavy (non-hydrogen) atoms. The summed E-state index contributed by atoms with van der Waals surface area (Å²) in [5.74, 6) is -1.60. The number of aromatic nitrogens is 2. The van der Waals surface area contributed by atoms with Gasteiger partial charge in [-0.25, -0.2) is 0 Å². The van der Waals surface area contributed by atoms with Crippen molar-refractivity contribution in [2.75, 3.05) is 0 Å². The molecule has 0 aliphatic heterocycles. The minimum Gasteiger partial charge on any atom is -0.543 e. The van der Waals surface area contributed by atoms with Gasteiger partial charge < -0.3 is 20.2 Å². The number of rotatable bonds is 5. The second kappa shape index (κ2) is 6.31. The van der Waals surface area contributed by atoms with Gasteiger partial charge in [0.25, 0.3) is 0 Å². The fraction of sp³-hybridized carbons (Fsp3) is 0.118. The van der Waals surface area contributed by atoms with Gasteiger partial charge in [0.15, 0.2) is 0 Å². The van der Waals surface area contributed by atoms with Gasteiger partial charge in [0, 0.05) is 17.1 Å². The molecule has 1 amide bonds. The Morgan fingerprint density at radius 3 is 2.65 bits per heavy atom. The molecule has 2 aromatic heterocycles. The lowest BCUT2D eigenvalue weighted by atomic mass is 10.1. The highest BCUT2D eigenvalue weighted by Crippen LogP contribution is 2.22. The van der Waals surface area contributed by atoms with E-state index in [1.807, 2.05) is 6.07 Å².